The van der Waals surface area contributed by atoms with Gasteiger partial charge in [-0.15, -0.1) is 11.3 Å². The summed E-state index contributed by atoms with van der Waals surface area (Å²) in [6, 6.07) is 4.37. The molecule has 0 amide bonds. The van der Waals surface area contributed by atoms with E-state index in [0.717, 1.165) is 32.1 Å². The molecule has 0 aliphatic rings. The molecule has 2 nitrogen and oxygen atoms in total. The van der Waals surface area contributed by atoms with Gasteiger partial charge in [0.2, 0.25) is 0 Å². The molecule has 0 aromatic carbocycles. The van der Waals surface area contributed by atoms with Crippen LogP contribution in [-0.4, -0.2) is 31.1 Å². The van der Waals surface area contributed by atoms with Crippen LogP contribution in [0.15, 0.2) is 17.5 Å². The van der Waals surface area contributed by atoms with E-state index in [0.29, 0.717) is 0 Å². The average Bonchev–Trinajstić information content (AvgIpc) is 2.81. The van der Waals surface area contributed by atoms with Gasteiger partial charge < -0.3 is 5.32 Å². The molecule has 1 unspecified atom stereocenters. The van der Waals surface area contributed by atoms with Gasteiger partial charge in [-0.05, 0) is 43.4 Å². The van der Waals surface area contributed by atoms with Crippen LogP contribution in [0.4, 0.5) is 0 Å². The normalized spacial score (nSPS) is 13.2. The van der Waals surface area contributed by atoms with Crippen molar-refractivity contribution in [1.82, 2.24) is 10.2 Å². The lowest BCUT2D eigenvalue weighted by Gasteiger charge is -2.24. The van der Waals surface area contributed by atoms with E-state index in [-0.39, 0.29) is 0 Å². The second-order valence-corrected chi connectivity index (χ2v) is 5.75. The fourth-order valence-corrected chi connectivity index (χ4v) is 2.71. The van der Waals surface area contributed by atoms with Gasteiger partial charge in [-0.3, -0.25) is 4.90 Å². The number of rotatable bonds is 9. The molecule has 1 atom stereocenters. The van der Waals surface area contributed by atoms with Crippen molar-refractivity contribution >= 4 is 11.3 Å². The molecule has 1 rings (SSSR count). The summed E-state index contributed by atoms with van der Waals surface area (Å²) in [5, 5.41) is 5.66. The van der Waals surface area contributed by atoms with Crippen molar-refractivity contribution in [3.05, 3.63) is 22.4 Å². The smallest absolute Gasteiger partial charge is 0.0327 e. The van der Waals surface area contributed by atoms with E-state index in [9.17, 15) is 0 Å². The maximum atomic E-state index is 3.50. The van der Waals surface area contributed by atoms with Crippen LogP contribution in [0.25, 0.3) is 0 Å². The topological polar surface area (TPSA) is 15.3 Å². The second-order valence-electron chi connectivity index (χ2n) is 4.72. The van der Waals surface area contributed by atoms with Gasteiger partial charge in [0, 0.05) is 18.0 Å². The van der Waals surface area contributed by atoms with Gasteiger partial charge in [-0.25, -0.2) is 0 Å². The first-order valence-corrected chi connectivity index (χ1v) is 7.59. The zero-order valence-corrected chi connectivity index (χ0v) is 12.2. The van der Waals surface area contributed by atoms with Gasteiger partial charge in [0.1, 0.15) is 0 Å². The van der Waals surface area contributed by atoms with Crippen molar-refractivity contribution in [3.63, 3.8) is 0 Å². The number of hydrogen-bond donors (Lipinski definition) is 1. The SMILES string of the molecule is CCCNCC(C)CN(CC)Cc1cccs1. The van der Waals surface area contributed by atoms with E-state index in [2.05, 4.69) is 48.5 Å². The van der Waals surface area contributed by atoms with Crippen LogP contribution in [0.3, 0.4) is 0 Å². The summed E-state index contributed by atoms with van der Waals surface area (Å²) < 4.78 is 0. The monoisotopic (exact) mass is 254 g/mol. The van der Waals surface area contributed by atoms with Crippen LogP contribution in [0.5, 0.6) is 0 Å². The Kier molecular flexibility index (Phi) is 7.49. The third kappa shape index (κ3) is 6.20. The standard InChI is InChI=1S/C14H26N2S/c1-4-8-15-10-13(3)11-16(5-2)12-14-7-6-9-17-14/h6-7,9,13,15H,4-5,8,10-12H2,1-3H3. The van der Waals surface area contributed by atoms with Crippen LogP contribution in [0.1, 0.15) is 32.1 Å². The van der Waals surface area contributed by atoms with Gasteiger partial charge >= 0.3 is 0 Å². The van der Waals surface area contributed by atoms with E-state index in [1.807, 2.05) is 11.3 Å². The number of thiophene rings is 1. The Morgan fingerprint density at radius 3 is 2.82 bits per heavy atom. The minimum atomic E-state index is 0.724. The van der Waals surface area contributed by atoms with Crippen LogP contribution >= 0.6 is 11.3 Å². The Balaban J connectivity index is 2.26. The first kappa shape index (κ1) is 14.7. The lowest BCUT2D eigenvalue weighted by Crippen LogP contribution is -2.33. The van der Waals surface area contributed by atoms with Crippen LogP contribution in [0, 0.1) is 5.92 Å². The fraction of sp³-hybridized carbons (Fsp3) is 0.714. The van der Waals surface area contributed by atoms with Gasteiger partial charge in [-0.2, -0.15) is 0 Å². The summed E-state index contributed by atoms with van der Waals surface area (Å²) in [6.45, 7) is 12.5. The maximum absolute atomic E-state index is 3.50. The average molecular weight is 254 g/mol. The van der Waals surface area contributed by atoms with E-state index in [1.54, 1.807) is 0 Å². The van der Waals surface area contributed by atoms with E-state index >= 15 is 0 Å². The first-order valence-electron chi connectivity index (χ1n) is 6.71. The summed E-state index contributed by atoms with van der Waals surface area (Å²) in [6.07, 6.45) is 1.22. The van der Waals surface area contributed by atoms with E-state index in [1.165, 1.54) is 17.8 Å². The molecule has 98 valence electrons. The summed E-state index contributed by atoms with van der Waals surface area (Å²) in [4.78, 5) is 4.00. The molecule has 1 heterocycles. The Morgan fingerprint density at radius 1 is 1.41 bits per heavy atom. The largest absolute Gasteiger partial charge is 0.316 e. The maximum Gasteiger partial charge on any atom is 0.0327 e. The van der Waals surface area contributed by atoms with Crippen molar-refractivity contribution in [3.8, 4) is 0 Å². The second kappa shape index (κ2) is 8.67. The van der Waals surface area contributed by atoms with Crippen LogP contribution in [-0.2, 0) is 6.54 Å². The molecule has 0 radical (unpaired) electrons. The molecule has 1 aromatic rings. The molecule has 3 heteroatoms. The molecule has 1 N–H and O–H groups in total. The lowest BCUT2D eigenvalue weighted by molar-refractivity contribution is 0.239. The van der Waals surface area contributed by atoms with Crippen LogP contribution < -0.4 is 5.32 Å². The Hall–Kier alpha value is -0.380. The van der Waals surface area contributed by atoms with Crippen molar-refractivity contribution in [2.24, 2.45) is 5.92 Å². The molecular weight excluding hydrogens is 228 g/mol. The van der Waals surface area contributed by atoms with Crippen molar-refractivity contribution < 1.29 is 0 Å². The highest BCUT2D eigenvalue weighted by Crippen LogP contribution is 2.12. The third-order valence-corrected chi connectivity index (χ3v) is 3.76. The van der Waals surface area contributed by atoms with Crippen molar-refractivity contribution in [2.75, 3.05) is 26.2 Å². The number of nitrogens with zero attached hydrogens (tertiary/aromatic N) is 1. The van der Waals surface area contributed by atoms with Gasteiger partial charge in [0.25, 0.3) is 0 Å². The molecule has 0 saturated heterocycles. The lowest BCUT2D eigenvalue weighted by atomic mass is 10.1. The third-order valence-electron chi connectivity index (χ3n) is 2.90. The van der Waals surface area contributed by atoms with Crippen molar-refractivity contribution in [1.29, 1.82) is 0 Å². The summed E-state index contributed by atoms with van der Waals surface area (Å²) in [5.41, 5.74) is 0. The molecule has 0 aliphatic heterocycles. The summed E-state index contributed by atoms with van der Waals surface area (Å²) in [7, 11) is 0. The van der Waals surface area contributed by atoms with Gasteiger partial charge in [0.15, 0.2) is 0 Å². The van der Waals surface area contributed by atoms with Gasteiger partial charge in [0.05, 0.1) is 0 Å². The minimum absolute atomic E-state index is 0.724. The number of hydrogen-bond acceptors (Lipinski definition) is 3. The Labute approximate surface area is 110 Å². The predicted molar refractivity (Wildman–Crippen MR) is 77.6 cm³/mol. The quantitative estimate of drug-likeness (QED) is 0.681. The Bertz CT molecular complexity index is 272. The molecular formula is C14H26N2S. The fourth-order valence-electron chi connectivity index (χ4n) is 1.96. The molecule has 0 saturated carbocycles. The van der Waals surface area contributed by atoms with Crippen LogP contribution in [0.2, 0.25) is 0 Å². The molecule has 1 aromatic heterocycles. The number of nitrogens with one attached hydrogen (secondary N) is 1. The molecule has 0 spiro atoms. The molecule has 0 bridgehead atoms. The van der Waals surface area contributed by atoms with E-state index in [4.69, 9.17) is 0 Å². The van der Waals surface area contributed by atoms with Crippen molar-refractivity contribution in [2.45, 2.75) is 33.7 Å². The minimum Gasteiger partial charge on any atom is -0.316 e. The zero-order valence-electron chi connectivity index (χ0n) is 11.4. The molecule has 0 aliphatic carbocycles. The highest BCUT2D eigenvalue weighted by atomic mass is 32.1. The highest BCUT2D eigenvalue weighted by Gasteiger charge is 2.09. The first-order chi connectivity index (χ1) is 8.26. The van der Waals surface area contributed by atoms with Gasteiger partial charge in [-0.1, -0.05) is 26.8 Å². The molecule has 17 heavy (non-hydrogen) atoms. The zero-order chi connectivity index (χ0) is 12.5. The molecule has 0 fully saturated rings. The Morgan fingerprint density at radius 2 is 2.24 bits per heavy atom. The highest BCUT2D eigenvalue weighted by molar-refractivity contribution is 7.09. The summed E-state index contributed by atoms with van der Waals surface area (Å²) in [5.74, 6) is 0.724. The van der Waals surface area contributed by atoms with E-state index < -0.39 is 0 Å². The predicted octanol–water partition coefficient (Wildman–Crippen LogP) is 3.21. The summed E-state index contributed by atoms with van der Waals surface area (Å²) >= 11 is 1.86.